The average molecular weight is 462 g/mol. The molecule has 0 radical (unpaired) electrons. The summed E-state index contributed by atoms with van der Waals surface area (Å²) in [7, 11) is 3.12. The van der Waals surface area contributed by atoms with Crippen molar-refractivity contribution in [3.8, 4) is 0 Å². The second-order valence-electron chi connectivity index (χ2n) is 5.72. The van der Waals surface area contributed by atoms with Crippen LogP contribution in [0.3, 0.4) is 0 Å². The van der Waals surface area contributed by atoms with Crippen LogP contribution >= 0.6 is 24.0 Å². The van der Waals surface area contributed by atoms with Gasteiger partial charge in [-0.05, 0) is 31.5 Å². The summed E-state index contributed by atoms with van der Waals surface area (Å²) in [6.45, 7) is 9.12. The van der Waals surface area contributed by atoms with E-state index < -0.39 is 0 Å². The van der Waals surface area contributed by atoms with Crippen LogP contribution in [0.4, 0.5) is 5.69 Å². The topological polar surface area (TPSA) is 66.0 Å². The Morgan fingerprint density at radius 3 is 2.64 bits per heavy atom. The maximum absolute atomic E-state index is 11.4. The highest BCUT2D eigenvalue weighted by molar-refractivity contribution is 14.0. The summed E-state index contributed by atoms with van der Waals surface area (Å²) in [5, 5.41) is 6.42. The van der Waals surface area contributed by atoms with Crippen molar-refractivity contribution in [3.05, 3.63) is 29.8 Å². The maximum atomic E-state index is 11.4. The van der Waals surface area contributed by atoms with E-state index >= 15 is 0 Å². The Labute approximate surface area is 168 Å². The molecule has 1 unspecified atom stereocenters. The van der Waals surface area contributed by atoms with Gasteiger partial charge in [0.1, 0.15) is 0 Å². The van der Waals surface area contributed by atoms with Gasteiger partial charge < -0.3 is 20.3 Å². The number of guanidine groups is 1. The Morgan fingerprint density at radius 2 is 2.08 bits per heavy atom. The van der Waals surface area contributed by atoms with Crippen LogP contribution in [-0.4, -0.2) is 52.3 Å². The number of carbonyl (C=O) groups excluding carboxylic acids is 1. The number of hydrogen-bond acceptors (Lipinski definition) is 4. The lowest BCUT2D eigenvalue weighted by molar-refractivity contribution is -0.144. The van der Waals surface area contributed by atoms with Crippen LogP contribution in [0.5, 0.6) is 0 Å². The molecule has 0 saturated carbocycles. The Morgan fingerprint density at radius 1 is 1.36 bits per heavy atom. The van der Waals surface area contributed by atoms with Crippen LogP contribution in [0.1, 0.15) is 19.4 Å². The summed E-state index contributed by atoms with van der Waals surface area (Å²) in [6.07, 6.45) is 0. The Bertz CT molecular complexity index is 552. The smallest absolute Gasteiger partial charge is 0.310 e. The minimum atomic E-state index is -0.227. The molecule has 0 amide bonds. The first-order valence-electron chi connectivity index (χ1n) is 8.35. The fraction of sp³-hybridized carbons (Fsp3) is 0.556. The molecule has 142 valence electrons. The number of halogens is 1. The van der Waals surface area contributed by atoms with Gasteiger partial charge in [0.25, 0.3) is 0 Å². The van der Waals surface area contributed by atoms with Gasteiger partial charge in [0, 0.05) is 38.9 Å². The van der Waals surface area contributed by atoms with E-state index in [1.54, 1.807) is 7.05 Å². The number of esters is 1. The van der Waals surface area contributed by atoms with Crippen LogP contribution in [0.15, 0.2) is 29.3 Å². The average Bonchev–Trinajstić information content (AvgIpc) is 2.60. The van der Waals surface area contributed by atoms with Crippen molar-refractivity contribution in [2.45, 2.75) is 20.8 Å². The summed E-state index contributed by atoms with van der Waals surface area (Å²) in [5.41, 5.74) is 2.48. The highest BCUT2D eigenvalue weighted by Gasteiger charge is 2.13. The minimum absolute atomic E-state index is 0. The quantitative estimate of drug-likeness (QED) is 0.269. The number of likely N-dealkylation sites (N-methyl/N-ethyl adjacent to an activating group) is 1. The summed E-state index contributed by atoms with van der Waals surface area (Å²) in [5.74, 6) is 0.244. The van der Waals surface area contributed by atoms with Crippen molar-refractivity contribution in [3.63, 3.8) is 0 Å². The molecule has 1 aromatic rings. The SMILES string of the molecule is CCN(CCNC(=NC)NCC(C)C(=O)OC)c1cccc(C)c1.I. The van der Waals surface area contributed by atoms with Gasteiger partial charge in [-0.15, -0.1) is 24.0 Å². The van der Waals surface area contributed by atoms with Crippen LogP contribution in [0, 0.1) is 12.8 Å². The lowest BCUT2D eigenvalue weighted by atomic mass is 10.2. The number of hydrogen-bond donors (Lipinski definition) is 2. The number of methoxy groups -OCH3 is 1. The Hall–Kier alpha value is -1.51. The first-order valence-corrected chi connectivity index (χ1v) is 8.35. The summed E-state index contributed by atoms with van der Waals surface area (Å²) in [6, 6.07) is 8.50. The van der Waals surface area contributed by atoms with Crippen LogP contribution in [-0.2, 0) is 9.53 Å². The van der Waals surface area contributed by atoms with Gasteiger partial charge in [-0.3, -0.25) is 9.79 Å². The van der Waals surface area contributed by atoms with Crippen LogP contribution in [0.2, 0.25) is 0 Å². The molecule has 0 fully saturated rings. The van der Waals surface area contributed by atoms with E-state index in [1.807, 2.05) is 6.92 Å². The van der Waals surface area contributed by atoms with E-state index in [2.05, 4.69) is 58.6 Å². The zero-order valence-electron chi connectivity index (χ0n) is 15.8. The highest BCUT2D eigenvalue weighted by Crippen LogP contribution is 2.14. The Balaban J connectivity index is 0.00000576. The van der Waals surface area contributed by atoms with E-state index in [4.69, 9.17) is 4.74 Å². The number of nitrogens with zero attached hydrogens (tertiary/aromatic N) is 2. The van der Waals surface area contributed by atoms with E-state index in [0.717, 1.165) is 19.6 Å². The molecule has 0 aromatic heterocycles. The molecular weight excluding hydrogens is 431 g/mol. The molecule has 6 nitrogen and oxygen atoms in total. The number of benzene rings is 1. The van der Waals surface area contributed by atoms with Gasteiger partial charge >= 0.3 is 5.97 Å². The number of aryl methyl sites for hydroxylation is 1. The largest absolute Gasteiger partial charge is 0.469 e. The van der Waals surface area contributed by atoms with Gasteiger partial charge in [0.15, 0.2) is 5.96 Å². The number of aliphatic imine (C=N–C) groups is 1. The molecule has 0 aliphatic carbocycles. The van der Waals surface area contributed by atoms with Crippen molar-refractivity contribution in [2.24, 2.45) is 10.9 Å². The molecule has 0 bridgehead atoms. The predicted octanol–water partition coefficient (Wildman–Crippen LogP) is 2.41. The van der Waals surface area contributed by atoms with Crippen molar-refractivity contribution >= 4 is 41.6 Å². The maximum Gasteiger partial charge on any atom is 0.310 e. The predicted molar refractivity (Wildman–Crippen MR) is 115 cm³/mol. The number of nitrogens with one attached hydrogen (secondary N) is 2. The zero-order chi connectivity index (χ0) is 17.9. The zero-order valence-corrected chi connectivity index (χ0v) is 18.2. The first-order chi connectivity index (χ1) is 11.5. The second kappa shape index (κ2) is 12.8. The van der Waals surface area contributed by atoms with E-state index in [-0.39, 0.29) is 35.9 Å². The number of rotatable bonds is 8. The molecule has 0 saturated heterocycles. The Kier molecular flexibility index (Phi) is 12.0. The van der Waals surface area contributed by atoms with E-state index in [1.165, 1.54) is 18.4 Å². The number of carbonyl (C=O) groups is 1. The van der Waals surface area contributed by atoms with Gasteiger partial charge in [0.05, 0.1) is 13.0 Å². The minimum Gasteiger partial charge on any atom is -0.469 e. The standard InChI is InChI=1S/C18H30N4O2.HI/c1-6-22(16-9-7-8-14(2)12-16)11-10-20-18(19-4)21-13-15(3)17(23)24-5;/h7-9,12,15H,6,10-11,13H2,1-5H3,(H2,19,20,21);1H. The van der Waals surface area contributed by atoms with Crippen LogP contribution < -0.4 is 15.5 Å². The second-order valence-corrected chi connectivity index (χ2v) is 5.72. The molecule has 0 spiro atoms. The van der Waals surface area contributed by atoms with Gasteiger partial charge in [-0.25, -0.2) is 0 Å². The monoisotopic (exact) mass is 462 g/mol. The molecule has 25 heavy (non-hydrogen) atoms. The lowest BCUT2D eigenvalue weighted by Gasteiger charge is -2.24. The third-order valence-electron chi connectivity index (χ3n) is 3.83. The third kappa shape index (κ3) is 8.42. The molecule has 1 atom stereocenters. The summed E-state index contributed by atoms with van der Waals surface area (Å²) in [4.78, 5) is 17.9. The normalized spacial score (nSPS) is 12.0. The van der Waals surface area contributed by atoms with Crippen LogP contribution in [0.25, 0.3) is 0 Å². The summed E-state index contributed by atoms with van der Waals surface area (Å²) >= 11 is 0. The molecule has 2 N–H and O–H groups in total. The summed E-state index contributed by atoms with van der Waals surface area (Å²) < 4.78 is 4.72. The molecule has 1 aromatic carbocycles. The third-order valence-corrected chi connectivity index (χ3v) is 3.83. The molecule has 0 aliphatic rings. The van der Waals surface area contributed by atoms with Gasteiger partial charge in [-0.1, -0.05) is 19.1 Å². The first kappa shape index (κ1) is 23.5. The van der Waals surface area contributed by atoms with Crippen molar-refractivity contribution in [1.29, 1.82) is 0 Å². The number of ether oxygens (including phenoxy) is 1. The fourth-order valence-corrected chi connectivity index (χ4v) is 2.36. The van der Waals surface area contributed by atoms with Gasteiger partial charge in [-0.2, -0.15) is 0 Å². The van der Waals surface area contributed by atoms with Crippen molar-refractivity contribution in [2.75, 3.05) is 45.2 Å². The molecule has 0 aliphatic heterocycles. The van der Waals surface area contributed by atoms with Crippen molar-refractivity contribution in [1.82, 2.24) is 10.6 Å². The number of anilines is 1. The molecule has 1 rings (SSSR count). The van der Waals surface area contributed by atoms with E-state index in [9.17, 15) is 4.79 Å². The molecule has 0 heterocycles. The van der Waals surface area contributed by atoms with Crippen molar-refractivity contribution < 1.29 is 9.53 Å². The highest BCUT2D eigenvalue weighted by atomic mass is 127. The van der Waals surface area contributed by atoms with E-state index in [0.29, 0.717) is 12.5 Å². The van der Waals surface area contributed by atoms with Gasteiger partial charge in [0.2, 0.25) is 0 Å². The fourth-order valence-electron chi connectivity index (χ4n) is 2.36. The molecular formula is C18H31IN4O2. The lowest BCUT2D eigenvalue weighted by Crippen LogP contribution is -2.43. The molecule has 7 heteroatoms.